The van der Waals surface area contributed by atoms with E-state index in [2.05, 4.69) is 9.97 Å². The molecule has 0 aliphatic rings. The molecule has 0 atom stereocenters. The molecule has 1 aromatic heterocycles. The Labute approximate surface area is 98.3 Å². The average Bonchev–Trinajstić information content (AvgIpc) is 2.39. The molecular weight excluding hydrogens is 218 g/mol. The maximum Gasteiger partial charge on any atom is 0.267 e. The molecule has 17 heavy (non-hydrogen) atoms. The maximum atomic E-state index is 11.1. The van der Waals surface area contributed by atoms with Gasteiger partial charge in [0.15, 0.2) is 5.82 Å². The highest BCUT2D eigenvalue weighted by Gasteiger charge is 2.10. The van der Waals surface area contributed by atoms with Crippen LogP contribution in [0.4, 0.5) is 0 Å². The summed E-state index contributed by atoms with van der Waals surface area (Å²) in [4.78, 5) is 19.4. The molecule has 0 saturated carbocycles. The molecule has 0 saturated heterocycles. The van der Waals surface area contributed by atoms with Crippen LogP contribution in [0.1, 0.15) is 10.5 Å². The Bertz CT molecular complexity index is 541. The molecule has 5 heteroatoms. The van der Waals surface area contributed by atoms with Crippen LogP contribution in [0, 0.1) is 0 Å². The smallest absolute Gasteiger partial charge is 0.267 e. The number of amides is 1. The van der Waals surface area contributed by atoms with Crippen LogP contribution < -0.4 is 10.5 Å². The summed E-state index contributed by atoms with van der Waals surface area (Å²) in [5, 5.41) is 0. The molecule has 0 fully saturated rings. The number of nitrogens with zero attached hydrogens (tertiary/aromatic N) is 2. The Morgan fingerprint density at radius 2 is 1.94 bits per heavy atom. The Morgan fingerprint density at radius 3 is 2.53 bits per heavy atom. The molecular formula is C12H11N3O2. The largest absolute Gasteiger partial charge is 0.481 e. The number of methoxy groups -OCH3 is 1. The predicted octanol–water partition coefficient (Wildman–Crippen LogP) is 1.25. The summed E-state index contributed by atoms with van der Waals surface area (Å²) in [5.74, 6) is 0.120. The second kappa shape index (κ2) is 4.61. The summed E-state index contributed by atoms with van der Waals surface area (Å²) in [7, 11) is 1.47. The van der Waals surface area contributed by atoms with Gasteiger partial charge in [-0.15, -0.1) is 0 Å². The van der Waals surface area contributed by atoms with E-state index in [-0.39, 0.29) is 5.69 Å². The Hall–Kier alpha value is -2.43. The van der Waals surface area contributed by atoms with Crippen LogP contribution in [0.25, 0.3) is 11.4 Å². The van der Waals surface area contributed by atoms with Crippen molar-refractivity contribution in [3.05, 3.63) is 42.1 Å². The molecule has 2 aromatic rings. The third-order valence-corrected chi connectivity index (χ3v) is 2.20. The van der Waals surface area contributed by atoms with Crippen molar-refractivity contribution in [2.75, 3.05) is 7.11 Å². The van der Waals surface area contributed by atoms with Crippen LogP contribution in [0.15, 0.2) is 36.4 Å². The molecule has 0 aliphatic carbocycles. The molecule has 0 aliphatic heterocycles. The van der Waals surface area contributed by atoms with Crippen molar-refractivity contribution in [2.45, 2.75) is 0 Å². The van der Waals surface area contributed by atoms with Crippen LogP contribution >= 0.6 is 0 Å². The summed E-state index contributed by atoms with van der Waals surface area (Å²) in [5.41, 5.74) is 6.13. The highest BCUT2D eigenvalue weighted by molar-refractivity contribution is 5.91. The van der Waals surface area contributed by atoms with Crippen molar-refractivity contribution < 1.29 is 9.53 Å². The number of hydrogen-bond donors (Lipinski definition) is 1. The fourth-order valence-corrected chi connectivity index (χ4v) is 1.37. The van der Waals surface area contributed by atoms with Crippen molar-refractivity contribution in [1.29, 1.82) is 0 Å². The van der Waals surface area contributed by atoms with Gasteiger partial charge >= 0.3 is 0 Å². The lowest BCUT2D eigenvalue weighted by atomic mass is 10.2. The van der Waals surface area contributed by atoms with Gasteiger partial charge in [0.05, 0.1) is 7.11 Å². The third-order valence-electron chi connectivity index (χ3n) is 2.20. The van der Waals surface area contributed by atoms with E-state index in [1.165, 1.54) is 13.2 Å². The molecule has 0 bridgehead atoms. The molecule has 2 rings (SSSR count). The predicted molar refractivity (Wildman–Crippen MR) is 62.5 cm³/mol. The van der Waals surface area contributed by atoms with Gasteiger partial charge in [0.25, 0.3) is 5.91 Å². The second-order valence-electron chi connectivity index (χ2n) is 3.35. The highest BCUT2D eigenvalue weighted by atomic mass is 16.5. The van der Waals surface area contributed by atoms with E-state index >= 15 is 0 Å². The fraction of sp³-hybridized carbons (Fsp3) is 0.0833. The van der Waals surface area contributed by atoms with Crippen molar-refractivity contribution in [1.82, 2.24) is 9.97 Å². The van der Waals surface area contributed by atoms with E-state index < -0.39 is 5.91 Å². The van der Waals surface area contributed by atoms with Gasteiger partial charge < -0.3 is 10.5 Å². The Balaban J connectivity index is 2.54. The van der Waals surface area contributed by atoms with E-state index in [0.29, 0.717) is 11.7 Å². The minimum Gasteiger partial charge on any atom is -0.481 e. The number of primary amides is 1. The molecule has 86 valence electrons. The number of ether oxygens (including phenoxy) is 1. The van der Waals surface area contributed by atoms with Crippen LogP contribution in [-0.2, 0) is 0 Å². The number of aromatic nitrogens is 2. The summed E-state index contributed by atoms with van der Waals surface area (Å²) in [6.45, 7) is 0. The fourth-order valence-electron chi connectivity index (χ4n) is 1.37. The normalized spacial score (nSPS) is 9.94. The van der Waals surface area contributed by atoms with Crippen LogP contribution in [0.5, 0.6) is 5.88 Å². The van der Waals surface area contributed by atoms with Gasteiger partial charge in [-0.05, 0) is 0 Å². The van der Waals surface area contributed by atoms with Gasteiger partial charge in [0, 0.05) is 11.6 Å². The first-order valence-electron chi connectivity index (χ1n) is 4.99. The van der Waals surface area contributed by atoms with Gasteiger partial charge in [0.2, 0.25) is 5.88 Å². The molecule has 1 heterocycles. The van der Waals surface area contributed by atoms with Gasteiger partial charge in [0.1, 0.15) is 5.69 Å². The first-order chi connectivity index (χ1) is 8.20. The van der Waals surface area contributed by atoms with Gasteiger partial charge in [-0.2, -0.15) is 4.98 Å². The van der Waals surface area contributed by atoms with E-state index in [4.69, 9.17) is 10.5 Å². The van der Waals surface area contributed by atoms with Gasteiger partial charge in [-0.3, -0.25) is 4.79 Å². The van der Waals surface area contributed by atoms with Crippen molar-refractivity contribution in [3.8, 4) is 17.3 Å². The zero-order chi connectivity index (χ0) is 12.3. The van der Waals surface area contributed by atoms with Crippen LogP contribution in [0.2, 0.25) is 0 Å². The van der Waals surface area contributed by atoms with Crippen molar-refractivity contribution >= 4 is 5.91 Å². The Kier molecular flexibility index (Phi) is 3.00. The average molecular weight is 229 g/mol. The molecule has 0 unspecified atom stereocenters. The summed E-state index contributed by atoms with van der Waals surface area (Å²) < 4.78 is 5.01. The molecule has 0 radical (unpaired) electrons. The second-order valence-corrected chi connectivity index (χ2v) is 3.35. The minimum absolute atomic E-state index is 0.135. The van der Waals surface area contributed by atoms with E-state index in [9.17, 15) is 4.79 Å². The van der Waals surface area contributed by atoms with Crippen molar-refractivity contribution in [2.24, 2.45) is 5.73 Å². The number of rotatable bonds is 3. The monoisotopic (exact) mass is 229 g/mol. The van der Waals surface area contributed by atoms with E-state index in [1.54, 1.807) is 0 Å². The standard InChI is InChI=1S/C12H11N3O2/c1-17-10-7-9(11(13)16)14-12(15-10)8-5-3-2-4-6-8/h2-7H,1H3,(H2,13,16). The minimum atomic E-state index is -0.608. The Morgan fingerprint density at radius 1 is 1.24 bits per heavy atom. The van der Waals surface area contributed by atoms with E-state index in [1.807, 2.05) is 30.3 Å². The highest BCUT2D eigenvalue weighted by Crippen LogP contribution is 2.18. The summed E-state index contributed by atoms with van der Waals surface area (Å²) in [6.07, 6.45) is 0. The molecule has 1 aromatic carbocycles. The molecule has 5 nitrogen and oxygen atoms in total. The number of benzene rings is 1. The lowest BCUT2D eigenvalue weighted by Crippen LogP contribution is -2.14. The number of nitrogens with two attached hydrogens (primary N) is 1. The first-order valence-corrected chi connectivity index (χ1v) is 4.99. The lowest BCUT2D eigenvalue weighted by Gasteiger charge is -2.05. The van der Waals surface area contributed by atoms with Gasteiger partial charge in [-0.1, -0.05) is 30.3 Å². The zero-order valence-corrected chi connectivity index (χ0v) is 9.25. The number of carbonyl (C=O) groups excluding carboxylic acids is 1. The quantitative estimate of drug-likeness (QED) is 0.859. The molecule has 0 spiro atoms. The van der Waals surface area contributed by atoms with Crippen molar-refractivity contribution in [3.63, 3.8) is 0 Å². The zero-order valence-electron chi connectivity index (χ0n) is 9.25. The maximum absolute atomic E-state index is 11.1. The summed E-state index contributed by atoms with van der Waals surface area (Å²) in [6, 6.07) is 10.7. The van der Waals surface area contributed by atoms with E-state index in [0.717, 1.165) is 5.56 Å². The SMILES string of the molecule is COc1cc(C(N)=O)nc(-c2ccccc2)n1. The third kappa shape index (κ3) is 2.39. The molecule has 1 amide bonds. The molecule has 2 N–H and O–H groups in total. The number of hydrogen-bond acceptors (Lipinski definition) is 4. The van der Waals surface area contributed by atoms with Crippen LogP contribution in [-0.4, -0.2) is 23.0 Å². The van der Waals surface area contributed by atoms with Gasteiger partial charge in [-0.25, -0.2) is 4.98 Å². The van der Waals surface area contributed by atoms with Crippen LogP contribution in [0.3, 0.4) is 0 Å². The lowest BCUT2D eigenvalue weighted by molar-refractivity contribution is 0.0995. The number of carbonyl (C=O) groups is 1. The topological polar surface area (TPSA) is 78.1 Å². The first kappa shape index (κ1) is 11.1. The summed E-state index contributed by atoms with van der Waals surface area (Å²) >= 11 is 0.